The second-order valence-corrected chi connectivity index (χ2v) is 12.4. The summed E-state index contributed by atoms with van der Waals surface area (Å²) in [4.78, 5) is 63.9. The predicted octanol–water partition coefficient (Wildman–Crippen LogP) is -1.06. The van der Waals surface area contributed by atoms with E-state index in [1.54, 1.807) is 17.8 Å². The number of rotatable bonds is 9. The van der Waals surface area contributed by atoms with Crippen molar-refractivity contribution in [2.45, 2.75) is 29.6 Å². The van der Waals surface area contributed by atoms with Crippen LogP contribution in [0.15, 0.2) is 33.5 Å². The van der Waals surface area contributed by atoms with Crippen molar-refractivity contribution in [3.8, 4) is 0 Å². The molecule has 2 aromatic rings. The van der Waals surface area contributed by atoms with Crippen LogP contribution in [0.25, 0.3) is 0 Å². The van der Waals surface area contributed by atoms with Crippen LogP contribution in [-0.4, -0.2) is 82.9 Å². The third-order valence-electron chi connectivity index (χ3n) is 5.76. The van der Waals surface area contributed by atoms with Gasteiger partial charge < -0.3 is 37.6 Å². The lowest BCUT2D eigenvalue weighted by atomic mass is 10.1. The summed E-state index contributed by atoms with van der Waals surface area (Å²) < 4.78 is 1.64. The molecule has 16 nitrogen and oxygen atoms in total. The van der Waals surface area contributed by atoms with Gasteiger partial charge in [-0.25, -0.2) is 14.3 Å². The average Bonchev–Trinajstić information content (AvgIpc) is 3.33. The number of nitrogens with one attached hydrogen (secondary N) is 1. The molecular formula is C21H25N9O7S3+2. The second kappa shape index (κ2) is 11.6. The fourth-order valence-electron chi connectivity index (χ4n) is 3.67. The Bertz CT molecular complexity index is 1450. The molecule has 0 aromatic carbocycles. The van der Waals surface area contributed by atoms with Gasteiger partial charge in [-0.3, -0.25) is 14.5 Å². The molecule has 2 aliphatic heterocycles. The number of hydrogen-bond donors (Lipinski definition) is 6. The van der Waals surface area contributed by atoms with Crippen LogP contribution in [0.4, 0.5) is 21.6 Å². The summed E-state index contributed by atoms with van der Waals surface area (Å²) in [6.07, 6.45) is 0.205. The fourth-order valence-corrected chi connectivity index (χ4v) is 7.34. The largest absolute Gasteiger partial charge is 0.525 e. The van der Waals surface area contributed by atoms with E-state index in [9.17, 15) is 24.3 Å². The molecule has 3 unspecified atom stereocenters. The predicted molar refractivity (Wildman–Crippen MR) is 147 cm³/mol. The zero-order chi connectivity index (χ0) is 29.3. The van der Waals surface area contributed by atoms with Gasteiger partial charge in [-0.2, -0.15) is 4.79 Å². The number of carbonyl (C=O) groups excluding carboxylic acids is 2. The first-order valence-corrected chi connectivity index (χ1v) is 14.7. The van der Waals surface area contributed by atoms with E-state index in [0.717, 1.165) is 11.3 Å². The summed E-state index contributed by atoms with van der Waals surface area (Å²) in [5.74, 6) is -1.62. The van der Waals surface area contributed by atoms with E-state index < -0.39 is 57.2 Å². The number of nitrogen functional groups attached to an aromatic ring is 3. The Labute approximate surface area is 237 Å². The standard InChI is InChI=1S/C21H23N9O7S3/c1-8(18(33)34)37-28-13(10-6-38-19(24)25-10)15(31)27-14-16(32)30-4-9(7-40(17(14)30)21(35)36)5-39-20-26-11(22)3-12(23)29(20)2/h3-4,6,8,14,17H,5,7H2,1-2H3,(H7-,22,23,24,25,27,31,33,34,35,36)/p+2/b28-13-/t8?,14?,17-,40?/m1/s1. The van der Waals surface area contributed by atoms with Gasteiger partial charge in [-0.1, -0.05) is 10.1 Å². The van der Waals surface area contributed by atoms with E-state index in [1.807, 2.05) is 0 Å². The molecule has 1 fully saturated rings. The number of oxime groups is 1. The number of thiazole rings is 1. The maximum Gasteiger partial charge on any atom is 0.525 e. The molecular weight excluding hydrogens is 586 g/mol. The van der Waals surface area contributed by atoms with Crippen molar-refractivity contribution in [3.63, 3.8) is 0 Å². The van der Waals surface area contributed by atoms with Crippen LogP contribution in [0.1, 0.15) is 12.6 Å². The fraction of sp³-hybridized carbons (Fsp3) is 0.333. The number of hydrogen-bond acceptors (Lipinski definition) is 13. The number of carbonyl (C=O) groups is 4. The summed E-state index contributed by atoms with van der Waals surface area (Å²) in [6, 6.07) is 0.352. The summed E-state index contributed by atoms with van der Waals surface area (Å²) in [5.41, 5.74) is 17.6. The van der Waals surface area contributed by atoms with Gasteiger partial charge >= 0.3 is 16.4 Å². The van der Waals surface area contributed by atoms with Gasteiger partial charge in [0.05, 0.1) is 13.1 Å². The van der Waals surface area contributed by atoms with E-state index >= 15 is 0 Å². The van der Waals surface area contributed by atoms with Crippen LogP contribution in [0, 0.1) is 0 Å². The summed E-state index contributed by atoms with van der Waals surface area (Å²) in [5, 5.41) is 25.3. The van der Waals surface area contributed by atoms with E-state index in [2.05, 4.69) is 20.4 Å². The molecule has 4 heterocycles. The first kappa shape index (κ1) is 28.9. The molecule has 212 valence electrons. The molecule has 0 spiro atoms. The van der Waals surface area contributed by atoms with Gasteiger partial charge in [0, 0.05) is 22.9 Å². The number of nitrogens with two attached hydrogens (primary N) is 3. The lowest BCUT2D eigenvalue weighted by Gasteiger charge is -2.44. The number of thioether (sulfide) groups is 1. The van der Waals surface area contributed by atoms with Gasteiger partial charge in [0.25, 0.3) is 11.8 Å². The highest BCUT2D eigenvalue weighted by molar-refractivity contribution is 8.11. The normalized spacial score (nSPS) is 21.1. The SMILES string of the molecule is CC(O/N=C(\C(=O)NC1C(=O)N2C=C(CSc3nc(N)cc(N)[n+]3C)C[S+](C(=O)O)[C@H]12)c1csc(N)n1)C(=O)O. The summed E-state index contributed by atoms with van der Waals surface area (Å²) >= 11 is 2.30. The highest BCUT2D eigenvalue weighted by Crippen LogP contribution is 2.35. The van der Waals surface area contributed by atoms with Crippen LogP contribution < -0.4 is 27.1 Å². The van der Waals surface area contributed by atoms with Crippen LogP contribution in [0.2, 0.25) is 0 Å². The summed E-state index contributed by atoms with van der Waals surface area (Å²) in [6.45, 7) is 1.21. The van der Waals surface area contributed by atoms with Gasteiger partial charge in [0.2, 0.25) is 23.1 Å². The van der Waals surface area contributed by atoms with Gasteiger partial charge in [0.15, 0.2) is 16.9 Å². The monoisotopic (exact) mass is 611 g/mol. The number of β-lactam (4-membered cyclic amide) rings is 1. The number of fused-ring (bicyclic) bond motifs is 1. The Hall–Kier alpha value is -4.10. The molecule has 9 N–H and O–H groups in total. The number of aliphatic carboxylic acids is 1. The quantitative estimate of drug-likeness (QED) is 0.0377. The zero-order valence-corrected chi connectivity index (χ0v) is 23.5. The van der Waals surface area contributed by atoms with E-state index in [0.29, 0.717) is 22.3 Å². The Balaban J connectivity index is 1.52. The zero-order valence-electron chi connectivity index (χ0n) is 21.0. The number of amides is 2. The summed E-state index contributed by atoms with van der Waals surface area (Å²) in [7, 11) is 0.358. The third kappa shape index (κ3) is 5.89. The van der Waals surface area contributed by atoms with Crippen molar-refractivity contribution in [2.75, 3.05) is 28.7 Å². The van der Waals surface area contributed by atoms with E-state index in [4.69, 9.17) is 27.1 Å². The van der Waals surface area contributed by atoms with Crippen molar-refractivity contribution < 1.29 is 38.8 Å². The highest BCUT2D eigenvalue weighted by Gasteiger charge is 2.63. The number of aromatic nitrogens is 3. The van der Waals surface area contributed by atoms with Crippen molar-refractivity contribution in [1.29, 1.82) is 0 Å². The molecule has 1 saturated heterocycles. The van der Waals surface area contributed by atoms with Crippen molar-refractivity contribution in [1.82, 2.24) is 20.2 Å². The highest BCUT2D eigenvalue weighted by atomic mass is 32.2. The Morgan fingerprint density at radius 3 is 2.70 bits per heavy atom. The van der Waals surface area contributed by atoms with Crippen molar-refractivity contribution in [2.24, 2.45) is 12.2 Å². The molecule has 4 rings (SSSR count). The minimum Gasteiger partial charge on any atom is -0.478 e. The first-order chi connectivity index (χ1) is 18.9. The van der Waals surface area contributed by atoms with Crippen LogP contribution in [0.3, 0.4) is 0 Å². The van der Waals surface area contributed by atoms with Crippen LogP contribution >= 0.6 is 23.1 Å². The molecule has 19 heteroatoms. The molecule has 4 atom stereocenters. The van der Waals surface area contributed by atoms with E-state index in [1.165, 1.54) is 35.0 Å². The minimum absolute atomic E-state index is 0.00487. The Morgan fingerprint density at radius 2 is 2.08 bits per heavy atom. The smallest absolute Gasteiger partial charge is 0.478 e. The number of carboxylic acid groups (broad SMARTS) is 2. The molecule has 40 heavy (non-hydrogen) atoms. The second-order valence-electron chi connectivity index (χ2n) is 8.55. The van der Waals surface area contributed by atoms with E-state index in [-0.39, 0.29) is 22.4 Å². The maximum absolute atomic E-state index is 13.1. The van der Waals surface area contributed by atoms with Crippen molar-refractivity contribution >= 4 is 79.6 Å². The van der Waals surface area contributed by atoms with Gasteiger partial charge in [-0.05, 0) is 18.7 Å². The number of carboxylic acids is 1. The first-order valence-electron chi connectivity index (χ1n) is 11.4. The topological polar surface area (TPSA) is 253 Å². The maximum atomic E-state index is 13.1. The third-order valence-corrected chi connectivity index (χ3v) is 9.78. The Kier molecular flexibility index (Phi) is 8.35. The number of anilines is 3. The lowest BCUT2D eigenvalue weighted by molar-refractivity contribution is -0.698. The van der Waals surface area contributed by atoms with Gasteiger partial charge in [-0.15, -0.1) is 11.3 Å². The molecule has 2 amide bonds. The van der Waals surface area contributed by atoms with Crippen molar-refractivity contribution in [3.05, 3.63) is 28.9 Å². The molecule has 0 radical (unpaired) electrons. The number of nitrogens with zero attached hydrogens (tertiary/aromatic N) is 5. The minimum atomic E-state index is -1.38. The molecule has 0 bridgehead atoms. The lowest BCUT2D eigenvalue weighted by Crippen LogP contribution is -2.74. The van der Waals surface area contributed by atoms with Crippen LogP contribution in [-0.2, 0) is 37.2 Å². The Morgan fingerprint density at radius 1 is 1.35 bits per heavy atom. The molecule has 0 saturated carbocycles. The molecule has 2 aliphatic rings. The van der Waals surface area contributed by atoms with Crippen LogP contribution in [0.5, 0.6) is 0 Å². The molecule has 2 aromatic heterocycles. The average molecular weight is 612 g/mol. The van der Waals surface area contributed by atoms with Gasteiger partial charge in [0.1, 0.15) is 22.3 Å². The molecule has 0 aliphatic carbocycles.